The lowest BCUT2D eigenvalue weighted by molar-refractivity contribution is -0.389. The first-order chi connectivity index (χ1) is 15.2. The minimum absolute atomic E-state index is 0.319. The second-order valence-electron chi connectivity index (χ2n) is 7.61. The van der Waals surface area contributed by atoms with Gasteiger partial charge in [-0.3, -0.25) is 9.36 Å². The van der Waals surface area contributed by atoms with Gasteiger partial charge in [0.2, 0.25) is 6.33 Å². The number of imidazole rings is 1. The predicted molar refractivity (Wildman–Crippen MR) is 110 cm³/mol. The van der Waals surface area contributed by atoms with E-state index in [1.165, 1.54) is 35.8 Å². The van der Waals surface area contributed by atoms with Crippen LogP contribution in [0.2, 0.25) is 0 Å². The van der Waals surface area contributed by atoms with Crippen molar-refractivity contribution in [1.29, 1.82) is 0 Å². The molecule has 3 unspecified atom stereocenters. The highest BCUT2D eigenvalue weighted by Crippen LogP contribution is 2.37. The standard InChI is InChI=1S/C22H19FN4O5/c1-14-19(15-6-4-3-5-7-15)32-21(29)26(14)20(28)22(2,16-8-10-17(23)11-9-16)25-12-18(24-13-25)27(30)31/h3-14,19H,1-2H3. The van der Waals surface area contributed by atoms with E-state index in [1.54, 1.807) is 31.2 Å². The molecule has 32 heavy (non-hydrogen) atoms. The number of nitro groups is 1. The van der Waals surface area contributed by atoms with Gasteiger partial charge in [-0.25, -0.2) is 14.1 Å². The fourth-order valence-corrected chi connectivity index (χ4v) is 3.87. The maximum Gasteiger partial charge on any atom is 0.417 e. The van der Waals surface area contributed by atoms with E-state index >= 15 is 0 Å². The molecule has 164 valence electrons. The number of hydrogen-bond acceptors (Lipinski definition) is 6. The summed E-state index contributed by atoms with van der Waals surface area (Å²) in [7, 11) is 0. The van der Waals surface area contributed by atoms with Gasteiger partial charge in [0.05, 0.1) is 6.04 Å². The molecule has 1 fully saturated rings. The lowest BCUT2D eigenvalue weighted by atomic mass is 9.89. The summed E-state index contributed by atoms with van der Waals surface area (Å²) in [6.45, 7) is 3.17. The van der Waals surface area contributed by atoms with Crippen molar-refractivity contribution in [3.63, 3.8) is 0 Å². The highest BCUT2D eigenvalue weighted by molar-refractivity contribution is 5.99. The van der Waals surface area contributed by atoms with E-state index in [9.17, 15) is 24.1 Å². The summed E-state index contributed by atoms with van der Waals surface area (Å²) in [6.07, 6.45) is 0.726. The van der Waals surface area contributed by atoms with Gasteiger partial charge >= 0.3 is 11.9 Å². The summed E-state index contributed by atoms with van der Waals surface area (Å²) in [4.78, 5) is 41.8. The largest absolute Gasteiger partial charge is 0.439 e. The lowest BCUT2D eigenvalue weighted by Crippen LogP contribution is -2.52. The first-order valence-electron chi connectivity index (χ1n) is 9.77. The van der Waals surface area contributed by atoms with Gasteiger partial charge in [0.25, 0.3) is 5.91 Å². The maximum absolute atomic E-state index is 13.8. The van der Waals surface area contributed by atoms with Crippen LogP contribution in [-0.4, -0.2) is 37.4 Å². The van der Waals surface area contributed by atoms with Crippen molar-refractivity contribution in [3.05, 3.63) is 94.2 Å². The number of benzene rings is 2. The number of aromatic nitrogens is 2. The van der Waals surface area contributed by atoms with Gasteiger partial charge in [-0.1, -0.05) is 42.5 Å². The SMILES string of the molecule is CC1C(c2ccccc2)OC(=O)N1C(=O)C(C)(c1ccc(F)cc1)n1cnc([N+](=O)[O-])c1. The van der Waals surface area contributed by atoms with Gasteiger partial charge in [0.1, 0.15) is 23.7 Å². The Balaban J connectivity index is 1.79. The van der Waals surface area contributed by atoms with Gasteiger partial charge in [0.15, 0.2) is 0 Å². The molecular formula is C22H19FN4O5. The number of carbonyl (C=O) groups is 2. The maximum atomic E-state index is 13.8. The number of cyclic esters (lactones) is 1. The molecule has 0 N–H and O–H groups in total. The zero-order chi connectivity index (χ0) is 23.0. The second-order valence-corrected chi connectivity index (χ2v) is 7.61. The number of ether oxygens (including phenoxy) is 1. The van der Waals surface area contributed by atoms with Crippen molar-refractivity contribution in [2.24, 2.45) is 0 Å². The Hall–Kier alpha value is -4.08. The van der Waals surface area contributed by atoms with Crippen LogP contribution in [0.3, 0.4) is 0 Å². The molecule has 1 saturated heterocycles. The van der Waals surface area contributed by atoms with E-state index in [4.69, 9.17) is 4.74 Å². The zero-order valence-corrected chi connectivity index (χ0v) is 17.2. The Labute approximate surface area is 182 Å². The molecule has 9 nitrogen and oxygen atoms in total. The second kappa shape index (κ2) is 7.88. The summed E-state index contributed by atoms with van der Waals surface area (Å²) in [5.41, 5.74) is -0.585. The van der Waals surface area contributed by atoms with Gasteiger partial charge in [-0.15, -0.1) is 0 Å². The van der Waals surface area contributed by atoms with Crippen molar-refractivity contribution in [1.82, 2.24) is 14.5 Å². The van der Waals surface area contributed by atoms with E-state index in [0.29, 0.717) is 5.56 Å². The van der Waals surface area contributed by atoms with E-state index < -0.39 is 46.2 Å². The van der Waals surface area contributed by atoms with Gasteiger partial charge < -0.3 is 14.9 Å². The Morgan fingerprint density at radius 1 is 1.19 bits per heavy atom. The summed E-state index contributed by atoms with van der Waals surface area (Å²) < 4.78 is 20.3. The van der Waals surface area contributed by atoms with Crippen molar-refractivity contribution in [2.75, 3.05) is 0 Å². The summed E-state index contributed by atoms with van der Waals surface area (Å²) >= 11 is 0. The molecular weight excluding hydrogens is 419 g/mol. The number of imide groups is 1. The molecule has 1 aromatic heterocycles. The number of rotatable bonds is 5. The minimum Gasteiger partial charge on any atom is -0.439 e. The van der Waals surface area contributed by atoms with Gasteiger partial charge in [-0.05, 0) is 47.0 Å². The van der Waals surface area contributed by atoms with Crippen LogP contribution in [0.25, 0.3) is 0 Å². The Morgan fingerprint density at radius 2 is 1.84 bits per heavy atom. The van der Waals surface area contributed by atoms with Crippen LogP contribution in [0.15, 0.2) is 67.1 Å². The molecule has 2 heterocycles. The third-order valence-electron chi connectivity index (χ3n) is 5.71. The molecule has 10 heteroatoms. The number of nitrogens with zero attached hydrogens (tertiary/aromatic N) is 4. The molecule has 3 atom stereocenters. The molecule has 2 amide bonds. The molecule has 0 spiro atoms. The van der Waals surface area contributed by atoms with Crippen LogP contribution in [0.4, 0.5) is 15.0 Å². The Morgan fingerprint density at radius 3 is 2.44 bits per heavy atom. The normalized spacial score (nSPS) is 20.0. The molecule has 2 aromatic carbocycles. The van der Waals surface area contributed by atoms with Crippen LogP contribution >= 0.6 is 0 Å². The van der Waals surface area contributed by atoms with Gasteiger partial charge in [0, 0.05) is 0 Å². The Kier molecular flexibility index (Phi) is 5.21. The van der Waals surface area contributed by atoms with Crippen LogP contribution in [0.1, 0.15) is 31.1 Å². The lowest BCUT2D eigenvalue weighted by Gasteiger charge is -2.33. The molecule has 0 aliphatic carbocycles. The van der Waals surface area contributed by atoms with Crippen LogP contribution in [0.5, 0.6) is 0 Å². The van der Waals surface area contributed by atoms with Crippen molar-refractivity contribution in [3.8, 4) is 0 Å². The zero-order valence-electron chi connectivity index (χ0n) is 17.2. The first kappa shape index (κ1) is 21.2. The van der Waals surface area contributed by atoms with Crippen LogP contribution < -0.4 is 0 Å². The molecule has 0 radical (unpaired) electrons. The third kappa shape index (κ3) is 3.39. The first-order valence-corrected chi connectivity index (χ1v) is 9.77. The smallest absolute Gasteiger partial charge is 0.417 e. The fourth-order valence-electron chi connectivity index (χ4n) is 3.87. The number of hydrogen-bond donors (Lipinski definition) is 0. The molecule has 1 aliphatic rings. The van der Waals surface area contributed by atoms with Gasteiger partial charge in [-0.2, -0.15) is 0 Å². The molecule has 4 rings (SSSR count). The third-order valence-corrected chi connectivity index (χ3v) is 5.71. The van der Waals surface area contributed by atoms with E-state index in [2.05, 4.69) is 4.98 Å². The summed E-state index contributed by atoms with van der Waals surface area (Å²) in [5, 5.41) is 11.2. The average Bonchev–Trinajstić information content (AvgIpc) is 3.39. The molecule has 0 saturated carbocycles. The highest BCUT2D eigenvalue weighted by Gasteiger charge is 2.51. The average molecular weight is 438 g/mol. The number of carbonyl (C=O) groups excluding carboxylic acids is 2. The quantitative estimate of drug-likeness (QED) is 0.443. The van der Waals surface area contributed by atoms with Crippen LogP contribution in [0, 0.1) is 15.9 Å². The van der Waals surface area contributed by atoms with Crippen LogP contribution in [-0.2, 0) is 15.1 Å². The van der Waals surface area contributed by atoms with Crippen molar-refractivity contribution < 1.29 is 23.6 Å². The van der Waals surface area contributed by atoms with Crippen molar-refractivity contribution in [2.45, 2.75) is 31.5 Å². The van der Waals surface area contributed by atoms with E-state index in [-0.39, 0.29) is 0 Å². The van der Waals surface area contributed by atoms with E-state index in [0.717, 1.165) is 23.0 Å². The minimum atomic E-state index is -1.63. The van der Waals surface area contributed by atoms with E-state index in [1.807, 2.05) is 6.07 Å². The molecule has 1 aliphatic heterocycles. The summed E-state index contributed by atoms with van der Waals surface area (Å²) in [6, 6.07) is 13.5. The molecule has 0 bridgehead atoms. The Bertz CT molecular complexity index is 1180. The summed E-state index contributed by atoms with van der Waals surface area (Å²) in [5.74, 6) is -1.67. The fraction of sp³-hybridized carbons (Fsp3) is 0.227. The van der Waals surface area contributed by atoms with Crippen molar-refractivity contribution >= 4 is 17.8 Å². The monoisotopic (exact) mass is 438 g/mol. The molecule has 3 aromatic rings. The number of amides is 2. The predicted octanol–water partition coefficient (Wildman–Crippen LogP) is 3.80. The topological polar surface area (TPSA) is 108 Å². The number of halogens is 1. The highest BCUT2D eigenvalue weighted by atomic mass is 19.1.